The minimum absolute atomic E-state index is 0.188. The lowest BCUT2D eigenvalue weighted by atomic mass is 10.2. The van der Waals surface area contributed by atoms with E-state index in [2.05, 4.69) is 15.0 Å². The molecule has 2 aromatic rings. The molecule has 0 saturated heterocycles. The Bertz CT molecular complexity index is 554. The van der Waals surface area contributed by atoms with E-state index in [-0.39, 0.29) is 5.82 Å². The van der Waals surface area contributed by atoms with Gasteiger partial charge in [0.1, 0.15) is 17.5 Å². The molecule has 0 radical (unpaired) electrons. The van der Waals surface area contributed by atoms with E-state index in [1.165, 1.54) is 0 Å². The fraction of sp³-hybridized carbons (Fsp3) is 0.200. The molecule has 0 fully saturated rings. The predicted octanol–water partition coefficient (Wildman–Crippen LogP) is 0.639. The quantitative estimate of drug-likeness (QED) is 0.751. The predicted molar refractivity (Wildman–Crippen MR) is 58.1 cm³/mol. The summed E-state index contributed by atoms with van der Waals surface area (Å²) in [6.45, 7) is 1.73. The highest BCUT2D eigenvalue weighted by atomic mass is 15.1. The van der Waals surface area contributed by atoms with Gasteiger partial charge < -0.3 is 10.3 Å². The smallest absolute Gasteiger partial charge is 0.198 e. The van der Waals surface area contributed by atoms with E-state index >= 15 is 0 Å². The summed E-state index contributed by atoms with van der Waals surface area (Å²) in [5.74, 6) is 1.24. The number of aryl methyl sites for hydroxylation is 2. The van der Waals surface area contributed by atoms with Gasteiger partial charge in [0.25, 0.3) is 0 Å². The Balaban J connectivity index is 2.62. The largest absolute Gasteiger partial charge is 0.382 e. The molecule has 6 nitrogen and oxygen atoms in total. The number of imidazole rings is 1. The molecule has 0 aromatic carbocycles. The van der Waals surface area contributed by atoms with E-state index in [1.807, 2.05) is 13.1 Å². The molecule has 0 spiro atoms. The summed E-state index contributed by atoms with van der Waals surface area (Å²) in [5.41, 5.74) is 6.56. The Morgan fingerprint density at radius 3 is 2.69 bits per heavy atom. The zero-order chi connectivity index (χ0) is 11.7. The van der Waals surface area contributed by atoms with E-state index in [0.717, 1.165) is 0 Å². The molecular weight excluding hydrogens is 204 g/mol. The van der Waals surface area contributed by atoms with Crippen molar-refractivity contribution in [1.29, 1.82) is 5.26 Å². The van der Waals surface area contributed by atoms with Crippen LogP contribution < -0.4 is 5.73 Å². The number of nitrogens with zero attached hydrogens (tertiary/aromatic N) is 5. The van der Waals surface area contributed by atoms with Crippen molar-refractivity contribution in [2.75, 3.05) is 5.73 Å². The maximum absolute atomic E-state index is 8.84. The van der Waals surface area contributed by atoms with E-state index in [1.54, 1.807) is 23.9 Å². The molecular formula is C10H10N6. The Morgan fingerprint density at radius 1 is 1.44 bits per heavy atom. The molecule has 0 aliphatic carbocycles. The first kappa shape index (κ1) is 10.1. The van der Waals surface area contributed by atoms with E-state index in [4.69, 9.17) is 11.0 Å². The summed E-state index contributed by atoms with van der Waals surface area (Å²) in [6, 6.07) is 1.97. The molecule has 2 aromatic heterocycles. The minimum atomic E-state index is 0.188. The summed E-state index contributed by atoms with van der Waals surface area (Å²) >= 11 is 0. The van der Waals surface area contributed by atoms with E-state index < -0.39 is 0 Å². The number of nitrogen functional groups attached to an aromatic ring is 1. The van der Waals surface area contributed by atoms with Crippen molar-refractivity contribution in [3.05, 3.63) is 23.7 Å². The molecule has 0 unspecified atom stereocenters. The van der Waals surface area contributed by atoms with Gasteiger partial charge in [-0.15, -0.1) is 0 Å². The van der Waals surface area contributed by atoms with Gasteiger partial charge in [0.2, 0.25) is 0 Å². The number of anilines is 1. The summed E-state index contributed by atoms with van der Waals surface area (Å²) < 4.78 is 1.79. The molecule has 2 heterocycles. The van der Waals surface area contributed by atoms with Gasteiger partial charge in [-0.05, 0) is 6.92 Å². The second-order valence-corrected chi connectivity index (χ2v) is 3.37. The van der Waals surface area contributed by atoms with Crippen molar-refractivity contribution in [3.8, 4) is 17.7 Å². The van der Waals surface area contributed by atoms with Crippen LogP contribution in [0, 0.1) is 18.3 Å². The second kappa shape index (κ2) is 3.62. The highest BCUT2D eigenvalue weighted by Gasteiger charge is 2.12. The van der Waals surface area contributed by atoms with Crippen LogP contribution in [0.1, 0.15) is 11.3 Å². The van der Waals surface area contributed by atoms with Gasteiger partial charge >= 0.3 is 0 Å². The Labute approximate surface area is 92.4 Å². The van der Waals surface area contributed by atoms with Crippen LogP contribution in [0.3, 0.4) is 0 Å². The molecule has 0 aliphatic rings. The zero-order valence-corrected chi connectivity index (χ0v) is 8.97. The normalized spacial score (nSPS) is 10.1. The standard InChI is InChI=1S/C10H10N6/c1-6-7(5-11)8(12)15-9(14-6)10-13-3-4-16(10)2/h3-4H,1-2H3,(H2,12,14,15). The average molecular weight is 214 g/mol. The second-order valence-electron chi connectivity index (χ2n) is 3.37. The highest BCUT2D eigenvalue weighted by Crippen LogP contribution is 2.17. The third-order valence-electron chi connectivity index (χ3n) is 2.25. The van der Waals surface area contributed by atoms with Gasteiger partial charge in [0.15, 0.2) is 11.6 Å². The van der Waals surface area contributed by atoms with Crippen LogP contribution in [-0.4, -0.2) is 19.5 Å². The number of rotatable bonds is 1. The number of hydrogen-bond acceptors (Lipinski definition) is 5. The average Bonchev–Trinajstić information content (AvgIpc) is 2.64. The molecule has 0 saturated carbocycles. The van der Waals surface area contributed by atoms with Crippen molar-refractivity contribution in [1.82, 2.24) is 19.5 Å². The van der Waals surface area contributed by atoms with Gasteiger partial charge in [0.05, 0.1) is 5.69 Å². The molecule has 0 atom stereocenters. The van der Waals surface area contributed by atoms with Crippen molar-refractivity contribution >= 4 is 5.82 Å². The van der Waals surface area contributed by atoms with Gasteiger partial charge in [-0.2, -0.15) is 5.26 Å². The summed E-state index contributed by atoms with van der Waals surface area (Å²) in [5, 5.41) is 8.84. The van der Waals surface area contributed by atoms with Gasteiger partial charge in [0, 0.05) is 19.4 Å². The van der Waals surface area contributed by atoms with Crippen molar-refractivity contribution in [2.45, 2.75) is 6.92 Å². The van der Waals surface area contributed by atoms with Crippen LogP contribution in [0.15, 0.2) is 12.4 Å². The first-order valence-corrected chi connectivity index (χ1v) is 4.65. The molecule has 0 bridgehead atoms. The zero-order valence-electron chi connectivity index (χ0n) is 8.97. The molecule has 16 heavy (non-hydrogen) atoms. The monoisotopic (exact) mass is 214 g/mol. The van der Waals surface area contributed by atoms with E-state index in [9.17, 15) is 0 Å². The lowest BCUT2D eigenvalue weighted by Gasteiger charge is -2.04. The Morgan fingerprint density at radius 2 is 2.19 bits per heavy atom. The Hall–Kier alpha value is -2.42. The first-order chi connectivity index (χ1) is 7.63. The van der Waals surface area contributed by atoms with Crippen LogP contribution in [0.2, 0.25) is 0 Å². The lowest BCUT2D eigenvalue weighted by Crippen LogP contribution is -2.05. The molecule has 0 aliphatic heterocycles. The number of aromatic nitrogens is 4. The Kier molecular flexibility index (Phi) is 2.29. The van der Waals surface area contributed by atoms with Crippen LogP contribution in [0.25, 0.3) is 11.6 Å². The lowest BCUT2D eigenvalue weighted by molar-refractivity contribution is 0.903. The van der Waals surface area contributed by atoms with Crippen LogP contribution in [0.4, 0.5) is 5.82 Å². The molecule has 6 heteroatoms. The molecule has 0 amide bonds. The molecule has 2 rings (SSSR count). The topological polar surface area (TPSA) is 93.4 Å². The van der Waals surface area contributed by atoms with Crippen molar-refractivity contribution < 1.29 is 0 Å². The first-order valence-electron chi connectivity index (χ1n) is 4.65. The minimum Gasteiger partial charge on any atom is -0.382 e. The maximum atomic E-state index is 8.84. The number of nitrogens with two attached hydrogens (primary N) is 1. The SMILES string of the molecule is Cc1nc(-c2nccn2C)nc(N)c1C#N. The number of hydrogen-bond donors (Lipinski definition) is 1. The van der Waals surface area contributed by atoms with Crippen LogP contribution >= 0.6 is 0 Å². The summed E-state index contributed by atoms with van der Waals surface area (Å²) in [4.78, 5) is 12.4. The van der Waals surface area contributed by atoms with E-state index in [0.29, 0.717) is 22.9 Å². The summed E-state index contributed by atoms with van der Waals surface area (Å²) in [6.07, 6.45) is 3.45. The highest BCUT2D eigenvalue weighted by molar-refractivity contribution is 5.56. The molecule has 80 valence electrons. The van der Waals surface area contributed by atoms with Crippen molar-refractivity contribution in [3.63, 3.8) is 0 Å². The number of nitriles is 1. The van der Waals surface area contributed by atoms with Crippen LogP contribution in [0.5, 0.6) is 0 Å². The van der Waals surface area contributed by atoms with Crippen LogP contribution in [-0.2, 0) is 7.05 Å². The molecule has 2 N–H and O–H groups in total. The fourth-order valence-electron chi connectivity index (χ4n) is 1.41. The maximum Gasteiger partial charge on any atom is 0.198 e. The van der Waals surface area contributed by atoms with Crippen molar-refractivity contribution in [2.24, 2.45) is 7.05 Å². The fourth-order valence-corrected chi connectivity index (χ4v) is 1.41. The van der Waals surface area contributed by atoms with Gasteiger partial charge in [-0.1, -0.05) is 0 Å². The van der Waals surface area contributed by atoms with Gasteiger partial charge in [-0.3, -0.25) is 0 Å². The van der Waals surface area contributed by atoms with Gasteiger partial charge in [-0.25, -0.2) is 15.0 Å². The summed E-state index contributed by atoms with van der Waals surface area (Å²) in [7, 11) is 1.84. The third kappa shape index (κ3) is 1.48. The third-order valence-corrected chi connectivity index (χ3v) is 2.25.